The van der Waals surface area contributed by atoms with E-state index in [0.29, 0.717) is 16.5 Å². The fourth-order valence-electron chi connectivity index (χ4n) is 2.86. The molecule has 104 valence electrons. The Morgan fingerprint density at radius 1 is 1.42 bits per heavy atom. The molecule has 1 aromatic heterocycles. The second kappa shape index (κ2) is 6.80. The van der Waals surface area contributed by atoms with Crippen molar-refractivity contribution < 1.29 is 0 Å². The van der Waals surface area contributed by atoms with Gasteiger partial charge in [-0.15, -0.1) is 0 Å². The average molecular weight is 278 g/mol. The van der Waals surface area contributed by atoms with Crippen molar-refractivity contribution in [3.63, 3.8) is 0 Å². The lowest BCUT2D eigenvalue weighted by Gasteiger charge is -2.26. The maximum atomic E-state index is 5.64. The largest absolute Gasteiger partial charge is 0.388 e. The van der Waals surface area contributed by atoms with Gasteiger partial charge in [-0.25, -0.2) is 9.97 Å². The normalized spacial score (nSPS) is 23.0. The Hall–Kier alpha value is -1.23. The van der Waals surface area contributed by atoms with E-state index in [1.165, 1.54) is 32.1 Å². The molecular formula is C14H22N4S. The molecule has 0 radical (unpaired) electrons. The van der Waals surface area contributed by atoms with Gasteiger partial charge in [-0.2, -0.15) is 0 Å². The number of nitrogens with two attached hydrogens (primary N) is 1. The Bertz CT molecular complexity index is 435. The Morgan fingerprint density at radius 2 is 2.21 bits per heavy atom. The van der Waals surface area contributed by atoms with E-state index in [4.69, 9.17) is 18.0 Å². The van der Waals surface area contributed by atoms with Crippen molar-refractivity contribution in [2.24, 2.45) is 17.6 Å². The molecule has 2 rings (SSSR count). The minimum absolute atomic E-state index is 0.293. The second-order valence-electron chi connectivity index (χ2n) is 5.47. The summed E-state index contributed by atoms with van der Waals surface area (Å²) in [5.74, 6) is 2.42. The van der Waals surface area contributed by atoms with Crippen molar-refractivity contribution in [1.29, 1.82) is 0 Å². The molecule has 19 heavy (non-hydrogen) atoms. The van der Waals surface area contributed by atoms with Gasteiger partial charge in [-0.1, -0.05) is 38.4 Å². The number of hydrogen-bond donors (Lipinski definition) is 2. The first-order valence-electron chi connectivity index (χ1n) is 7.01. The van der Waals surface area contributed by atoms with Gasteiger partial charge in [0.25, 0.3) is 0 Å². The van der Waals surface area contributed by atoms with Crippen LogP contribution in [0.5, 0.6) is 0 Å². The number of nitrogens with zero attached hydrogens (tertiary/aromatic N) is 2. The SMILES string of the molecule is CC1CCCC(CCNc2nccnc2C(N)=S)C1. The zero-order valence-corrected chi connectivity index (χ0v) is 12.2. The highest BCUT2D eigenvalue weighted by Gasteiger charge is 2.18. The minimum Gasteiger partial charge on any atom is -0.388 e. The molecule has 1 fully saturated rings. The molecule has 2 atom stereocenters. The molecule has 0 spiro atoms. The molecule has 5 heteroatoms. The van der Waals surface area contributed by atoms with E-state index in [2.05, 4.69) is 22.2 Å². The number of nitrogens with one attached hydrogen (secondary N) is 1. The molecule has 1 aliphatic carbocycles. The summed E-state index contributed by atoms with van der Waals surface area (Å²) in [6.07, 6.45) is 9.92. The monoisotopic (exact) mass is 278 g/mol. The summed E-state index contributed by atoms with van der Waals surface area (Å²) < 4.78 is 0. The van der Waals surface area contributed by atoms with E-state index in [1.54, 1.807) is 12.4 Å². The van der Waals surface area contributed by atoms with Crippen LogP contribution in [0.1, 0.15) is 44.7 Å². The first-order chi connectivity index (χ1) is 9.16. The van der Waals surface area contributed by atoms with Crippen LogP contribution in [0.3, 0.4) is 0 Å². The average Bonchev–Trinajstić information content (AvgIpc) is 2.39. The third kappa shape index (κ3) is 4.13. The Kier molecular flexibility index (Phi) is 5.07. The number of thiocarbonyl (C=S) groups is 1. The van der Waals surface area contributed by atoms with Gasteiger partial charge >= 0.3 is 0 Å². The molecule has 4 nitrogen and oxygen atoms in total. The predicted molar refractivity (Wildman–Crippen MR) is 82.1 cm³/mol. The molecule has 0 bridgehead atoms. The highest BCUT2D eigenvalue weighted by molar-refractivity contribution is 7.80. The van der Waals surface area contributed by atoms with Crippen LogP contribution in [0.25, 0.3) is 0 Å². The molecule has 2 unspecified atom stereocenters. The van der Waals surface area contributed by atoms with Gasteiger partial charge < -0.3 is 11.1 Å². The van der Waals surface area contributed by atoms with Crippen LogP contribution in [-0.4, -0.2) is 21.5 Å². The zero-order chi connectivity index (χ0) is 13.7. The number of anilines is 1. The molecule has 0 aliphatic heterocycles. The van der Waals surface area contributed by atoms with E-state index in [-0.39, 0.29) is 0 Å². The van der Waals surface area contributed by atoms with Crippen LogP contribution in [0.15, 0.2) is 12.4 Å². The summed E-state index contributed by atoms with van der Waals surface area (Å²) in [5, 5.41) is 3.32. The van der Waals surface area contributed by atoms with Crippen LogP contribution < -0.4 is 11.1 Å². The van der Waals surface area contributed by atoms with E-state index in [9.17, 15) is 0 Å². The highest BCUT2D eigenvalue weighted by Crippen LogP contribution is 2.30. The smallest absolute Gasteiger partial charge is 0.155 e. The molecule has 3 N–H and O–H groups in total. The quantitative estimate of drug-likeness (QED) is 0.811. The molecule has 1 saturated carbocycles. The van der Waals surface area contributed by atoms with Gasteiger partial charge in [-0.3, -0.25) is 0 Å². The standard InChI is InChI=1S/C14H22N4S/c1-10-3-2-4-11(9-10)5-6-17-14-12(13(15)19)16-7-8-18-14/h7-8,10-11H,2-6,9H2,1H3,(H2,15,19)(H,17,18). The molecule has 0 aromatic carbocycles. The van der Waals surface area contributed by atoms with Crippen LogP contribution in [0, 0.1) is 11.8 Å². The summed E-state index contributed by atoms with van der Waals surface area (Å²) in [5.41, 5.74) is 6.23. The summed E-state index contributed by atoms with van der Waals surface area (Å²) >= 11 is 4.98. The van der Waals surface area contributed by atoms with Gasteiger partial charge in [0.1, 0.15) is 10.7 Å². The fraction of sp³-hybridized carbons (Fsp3) is 0.643. The Balaban J connectivity index is 1.84. The summed E-state index contributed by atoms with van der Waals surface area (Å²) in [4.78, 5) is 8.71. The first kappa shape index (κ1) is 14.2. The van der Waals surface area contributed by atoms with E-state index >= 15 is 0 Å². The molecular weight excluding hydrogens is 256 g/mol. The lowest BCUT2D eigenvalue weighted by atomic mass is 9.81. The van der Waals surface area contributed by atoms with E-state index in [0.717, 1.165) is 18.4 Å². The maximum Gasteiger partial charge on any atom is 0.155 e. The van der Waals surface area contributed by atoms with Gasteiger partial charge in [-0.05, 0) is 24.7 Å². The van der Waals surface area contributed by atoms with Gasteiger partial charge in [0.05, 0.1) is 0 Å². The third-order valence-electron chi connectivity index (χ3n) is 3.82. The number of hydrogen-bond acceptors (Lipinski definition) is 4. The maximum absolute atomic E-state index is 5.64. The van der Waals surface area contributed by atoms with Crippen molar-refractivity contribution in [3.05, 3.63) is 18.1 Å². The first-order valence-corrected chi connectivity index (χ1v) is 7.42. The van der Waals surface area contributed by atoms with Crippen LogP contribution in [-0.2, 0) is 0 Å². The molecule has 0 saturated heterocycles. The Labute approximate surface area is 120 Å². The van der Waals surface area contributed by atoms with E-state index in [1.807, 2.05) is 0 Å². The van der Waals surface area contributed by atoms with E-state index < -0.39 is 0 Å². The second-order valence-corrected chi connectivity index (χ2v) is 5.91. The molecule has 1 aliphatic rings. The van der Waals surface area contributed by atoms with Crippen molar-refractivity contribution in [3.8, 4) is 0 Å². The predicted octanol–water partition coefficient (Wildman–Crippen LogP) is 2.74. The lowest BCUT2D eigenvalue weighted by Crippen LogP contribution is -2.19. The topological polar surface area (TPSA) is 63.8 Å². The summed E-state index contributed by atoms with van der Waals surface area (Å²) in [6.45, 7) is 3.26. The lowest BCUT2D eigenvalue weighted by molar-refractivity contribution is 0.274. The molecule has 0 amide bonds. The van der Waals surface area contributed by atoms with Gasteiger partial charge in [0.15, 0.2) is 5.82 Å². The zero-order valence-electron chi connectivity index (χ0n) is 11.4. The van der Waals surface area contributed by atoms with Crippen molar-refractivity contribution in [2.75, 3.05) is 11.9 Å². The summed E-state index contributed by atoms with van der Waals surface area (Å²) in [7, 11) is 0. The van der Waals surface area contributed by atoms with Crippen LogP contribution in [0.2, 0.25) is 0 Å². The third-order valence-corrected chi connectivity index (χ3v) is 4.02. The van der Waals surface area contributed by atoms with Gasteiger partial charge in [0, 0.05) is 18.9 Å². The van der Waals surface area contributed by atoms with Crippen LogP contribution >= 0.6 is 12.2 Å². The highest BCUT2D eigenvalue weighted by atomic mass is 32.1. The van der Waals surface area contributed by atoms with Crippen LogP contribution in [0.4, 0.5) is 5.82 Å². The van der Waals surface area contributed by atoms with Gasteiger partial charge in [0.2, 0.25) is 0 Å². The number of rotatable bonds is 5. The van der Waals surface area contributed by atoms with Crippen molar-refractivity contribution in [2.45, 2.75) is 39.0 Å². The molecule has 1 heterocycles. The summed E-state index contributed by atoms with van der Waals surface area (Å²) in [6, 6.07) is 0. The molecule has 1 aromatic rings. The number of aromatic nitrogens is 2. The Morgan fingerprint density at radius 3 is 2.95 bits per heavy atom. The van der Waals surface area contributed by atoms with Crippen molar-refractivity contribution in [1.82, 2.24) is 9.97 Å². The van der Waals surface area contributed by atoms with Crippen molar-refractivity contribution >= 4 is 23.0 Å². The fourth-order valence-corrected chi connectivity index (χ4v) is 3.01. The minimum atomic E-state index is 0.293.